The standard InChI is InChI=1S/C14H14FN3O2/c1-10-7-16-5-4-11(10)8-17-9-12-6-13(15)2-3-14(12)18(19)20/h2-7,17H,8-9H2,1H3. The van der Waals surface area contributed by atoms with E-state index in [2.05, 4.69) is 10.3 Å². The van der Waals surface area contributed by atoms with E-state index in [9.17, 15) is 14.5 Å². The van der Waals surface area contributed by atoms with Crippen LogP contribution in [0.2, 0.25) is 0 Å². The molecule has 1 heterocycles. The summed E-state index contributed by atoms with van der Waals surface area (Å²) in [4.78, 5) is 14.4. The number of hydrogen-bond donors (Lipinski definition) is 1. The van der Waals surface area contributed by atoms with Crippen LogP contribution in [0, 0.1) is 22.9 Å². The molecule has 0 saturated heterocycles. The fraction of sp³-hybridized carbons (Fsp3) is 0.214. The third-order valence-corrected chi connectivity index (χ3v) is 3.01. The Morgan fingerprint density at radius 2 is 2.05 bits per heavy atom. The van der Waals surface area contributed by atoms with Gasteiger partial charge in [-0.3, -0.25) is 15.1 Å². The van der Waals surface area contributed by atoms with Gasteiger partial charge in [0.05, 0.1) is 4.92 Å². The van der Waals surface area contributed by atoms with Crippen molar-refractivity contribution in [2.75, 3.05) is 0 Å². The van der Waals surface area contributed by atoms with Crippen LogP contribution in [-0.4, -0.2) is 9.91 Å². The number of nitro benzene ring substituents is 1. The summed E-state index contributed by atoms with van der Waals surface area (Å²) in [6.45, 7) is 2.71. The number of aryl methyl sites for hydroxylation is 1. The summed E-state index contributed by atoms with van der Waals surface area (Å²) in [5.41, 5.74) is 2.35. The highest BCUT2D eigenvalue weighted by atomic mass is 19.1. The molecule has 1 N–H and O–H groups in total. The number of rotatable bonds is 5. The van der Waals surface area contributed by atoms with E-state index in [1.54, 1.807) is 12.4 Å². The molecule has 0 unspecified atom stereocenters. The van der Waals surface area contributed by atoms with Crippen LogP contribution >= 0.6 is 0 Å². The van der Waals surface area contributed by atoms with Gasteiger partial charge in [-0.1, -0.05) is 0 Å². The molecule has 0 atom stereocenters. The van der Waals surface area contributed by atoms with E-state index in [1.807, 2.05) is 13.0 Å². The highest BCUT2D eigenvalue weighted by Gasteiger charge is 2.13. The zero-order valence-electron chi connectivity index (χ0n) is 11.0. The lowest BCUT2D eigenvalue weighted by Crippen LogP contribution is -2.14. The first kappa shape index (κ1) is 14.1. The van der Waals surface area contributed by atoms with E-state index >= 15 is 0 Å². The van der Waals surface area contributed by atoms with E-state index in [-0.39, 0.29) is 12.2 Å². The predicted octanol–water partition coefficient (Wildman–Crippen LogP) is 2.73. The van der Waals surface area contributed by atoms with Crippen molar-refractivity contribution in [1.29, 1.82) is 0 Å². The van der Waals surface area contributed by atoms with Crippen LogP contribution in [0.3, 0.4) is 0 Å². The lowest BCUT2D eigenvalue weighted by molar-refractivity contribution is -0.385. The normalized spacial score (nSPS) is 10.5. The van der Waals surface area contributed by atoms with E-state index in [0.717, 1.165) is 17.2 Å². The number of nitro groups is 1. The van der Waals surface area contributed by atoms with Crippen LogP contribution in [0.25, 0.3) is 0 Å². The quantitative estimate of drug-likeness (QED) is 0.673. The van der Waals surface area contributed by atoms with Crippen LogP contribution in [0.4, 0.5) is 10.1 Å². The van der Waals surface area contributed by atoms with Gasteiger partial charge in [-0.05, 0) is 36.2 Å². The molecule has 5 nitrogen and oxygen atoms in total. The van der Waals surface area contributed by atoms with Gasteiger partial charge in [0.25, 0.3) is 5.69 Å². The molecule has 0 fully saturated rings. The number of halogens is 1. The van der Waals surface area contributed by atoms with Gasteiger partial charge in [0, 0.05) is 37.1 Å². The smallest absolute Gasteiger partial charge is 0.274 e. The molecule has 2 aromatic rings. The molecule has 1 aromatic heterocycles. The lowest BCUT2D eigenvalue weighted by Gasteiger charge is -2.08. The van der Waals surface area contributed by atoms with Crippen molar-refractivity contribution in [3.05, 3.63) is 69.3 Å². The Bertz CT molecular complexity index is 632. The SMILES string of the molecule is Cc1cnccc1CNCc1cc(F)ccc1[N+](=O)[O-]. The van der Waals surface area contributed by atoms with Crippen LogP contribution in [0.1, 0.15) is 16.7 Å². The van der Waals surface area contributed by atoms with Gasteiger partial charge in [0.1, 0.15) is 5.82 Å². The average molecular weight is 275 g/mol. The maximum Gasteiger partial charge on any atom is 0.274 e. The Kier molecular flexibility index (Phi) is 4.37. The molecule has 0 amide bonds. The van der Waals surface area contributed by atoms with Crippen molar-refractivity contribution in [3.8, 4) is 0 Å². The van der Waals surface area contributed by atoms with E-state index < -0.39 is 10.7 Å². The van der Waals surface area contributed by atoms with Gasteiger partial charge in [-0.15, -0.1) is 0 Å². The molecule has 0 bridgehead atoms. The fourth-order valence-corrected chi connectivity index (χ4v) is 1.91. The number of aromatic nitrogens is 1. The maximum absolute atomic E-state index is 13.2. The summed E-state index contributed by atoms with van der Waals surface area (Å²) in [5.74, 6) is -0.479. The summed E-state index contributed by atoms with van der Waals surface area (Å²) in [6.07, 6.45) is 3.44. The third-order valence-electron chi connectivity index (χ3n) is 3.01. The zero-order chi connectivity index (χ0) is 14.5. The number of nitrogens with one attached hydrogen (secondary N) is 1. The minimum atomic E-state index is -0.506. The van der Waals surface area contributed by atoms with Gasteiger partial charge in [0.2, 0.25) is 0 Å². The first-order valence-electron chi connectivity index (χ1n) is 6.11. The third kappa shape index (κ3) is 3.36. The number of hydrogen-bond acceptors (Lipinski definition) is 4. The second-order valence-corrected chi connectivity index (χ2v) is 4.44. The summed E-state index contributed by atoms with van der Waals surface area (Å²) in [5, 5.41) is 13.9. The molecule has 0 aliphatic carbocycles. The van der Waals surface area contributed by atoms with Crippen LogP contribution in [0.15, 0.2) is 36.7 Å². The Hall–Kier alpha value is -2.34. The Labute approximate surface area is 115 Å². The Balaban J connectivity index is 2.06. The van der Waals surface area contributed by atoms with E-state index in [4.69, 9.17) is 0 Å². The predicted molar refractivity (Wildman–Crippen MR) is 72.6 cm³/mol. The molecular weight excluding hydrogens is 261 g/mol. The van der Waals surface area contributed by atoms with Gasteiger partial charge >= 0.3 is 0 Å². The molecule has 6 heteroatoms. The van der Waals surface area contributed by atoms with Crippen LogP contribution in [-0.2, 0) is 13.1 Å². The van der Waals surface area contributed by atoms with Crippen molar-refractivity contribution in [2.45, 2.75) is 20.0 Å². The monoisotopic (exact) mass is 275 g/mol. The Morgan fingerprint density at radius 3 is 2.75 bits per heavy atom. The maximum atomic E-state index is 13.2. The largest absolute Gasteiger partial charge is 0.308 e. The molecule has 1 aromatic carbocycles. The minimum Gasteiger partial charge on any atom is -0.308 e. The highest BCUT2D eigenvalue weighted by Crippen LogP contribution is 2.19. The lowest BCUT2D eigenvalue weighted by atomic mass is 10.1. The molecular formula is C14H14FN3O2. The molecule has 20 heavy (non-hydrogen) atoms. The molecule has 2 rings (SSSR count). The highest BCUT2D eigenvalue weighted by molar-refractivity contribution is 5.40. The summed E-state index contributed by atoms with van der Waals surface area (Å²) in [6, 6.07) is 5.34. The molecule has 0 spiro atoms. The van der Waals surface area contributed by atoms with Crippen molar-refractivity contribution in [3.63, 3.8) is 0 Å². The van der Waals surface area contributed by atoms with Crippen LogP contribution < -0.4 is 5.32 Å². The van der Waals surface area contributed by atoms with Crippen molar-refractivity contribution >= 4 is 5.69 Å². The van der Waals surface area contributed by atoms with E-state index in [1.165, 1.54) is 12.1 Å². The first-order valence-corrected chi connectivity index (χ1v) is 6.11. The minimum absolute atomic E-state index is 0.0784. The molecule has 0 radical (unpaired) electrons. The second-order valence-electron chi connectivity index (χ2n) is 4.44. The second kappa shape index (κ2) is 6.21. The van der Waals surface area contributed by atoms with Crippen LogP contribution in [0.5, 0.6) is 0 Å². The number of benzene rings is 1. The zero-order valence-corrected chi connectivity index (χ0v) is 11.0. The van der Waals surface area contributed by atoms with Gasteiger partial charge in [0.15, 0.2) is 0 Å². The number of nitrogens with zero attached hydrogens (tertiary/aromatic N) is 2. The molecule has 0 saturated carbocycles. The fourth-order valence-electron chi connectivity index (χ4n) is 1.91. The summed E-state index contributed by atoms with van der Waals surface area (Å²) in [7, 11) is 0. The topological polar surface area (TPSA) is 68.1 Å². The van der Waals surface area contributed by atoms with Crippen molar-refractivity contribution in [1.82, 2.24) is 10.3 Å². The Morgan fingerprint density at radius 1 is 1.30 bits per heavy atom. The summed E-state index contributed by atoms with van der Waals surface area (Å²) >= 11 is 0. The van der Waals surface area contributed by atoms with Crippen molar-refractivity contribution < 1.29 is 9.31 Å². The molecule has 104 valence electrons. The van der Waals surface area contributed by atoms with Crippen molar-refractivity contribution in [2.24, 2.45) is 0 Å². The first-order chi connectivity index (χ1) is 9.58. The van der Waals surface area contributed by atoms with Gasteiger partial charge in [-0.25, -0.2) is 4.39 Å². The van der Waals surface area contributed by atoms with E-state index in [0.29, 0.717) is 12.1 Å². The summed E-state index contributed by atoms with van der Waals surface area (Å²) < 4.78 is 13.2. The average Bonchev–Trinajstić information content (AvgIpc) is 2.41. The van der Waals surface area contributed by atoms with Gasteiger partial charge in [-0.2, -0.15) is 0 Å². The molecule has 0 aliphatic heterocycles. The number of pyridine rings is 1. The van der Waals surface area contributed by atoms with Gasteiger partial charge < -0.3 is 5.32 Å². The molecule has 0 aliphatic rings.